The van der Waals surface area contributed by atoms with Gasteiger partial charge in [-0.3, -0.25) is 0 Å². The molecule has 27 heavy (non-hydrogen) atoms. The van der Waals surface area contributed by atoms with Crippen LogP contribution < -0.4 is 9.47 Å². The topological polar surface area (TPSA) is 57.4 Å². The Kier molecular flexibility index (Phi) is 6.02. The summed E-state index contributed by atoms with van der Waals surface area (Å²) < 4.78 is 16.4. The Morgan fingerprint density at radius 3 is 2.74 bits per heavy atom. The molecule has 1 heterocycles. The van der Waals surface area contributed by atoms with Gasteiger partial charge in [0.05, 0.1) is 12.1 Å². The molecule has 0 saturated carbocycles. The summed E-state index contributed by atoms with van der Waals surface area (Å²) in [6.07, 6.45) is 6.86. The van der Waals surface area contributed by atoms with E-state index in [2.05, 4.69) is 16.1 Å². The molecule has 0 N–H and O–H groups in total. The maximum atomic E-state index is 6.34. The molecule has 0 amide bonds. The molecule has 0 saturated heterocycles. The number of hydrogen-bond acceptors (Lipinski definition) is 5. The lowest BCUT2D eigenvalue weighted by atomic mass is 10.2. The maximum Gasteiger partial charge on any atom is 0.259 e. The van der Waals surface area contributed by atoms with Gasteiger partial charge in [-0.15, -0.1) is 16.6 Å². The first-order valence-corrected chi connectivity index (χ1v) is 8.58. The Morgan fingerprint density at radius 2 is 2.04 bits per heavy atom. The van der Waals surface area contributed by atoms with Crippen molar-refractivity contribution in [2.75, 3.05) is 13.7 Å². The van der Waals surface area contributed by atoms with E-state index in [4.69, 9.17) is 43.5 Å². The van der Waals surface area contributed by atoms with E-state index in [1.54, 1.807) is 18.2 Å². The second-order valence-corrected chi connectivity index (χ2v) is 6.11. The highest BCUT2D eigenvalue weighted by molar-refractivity contribution is 6.50. The Bertz CT molecular complexity index is 1010. The van der Waals surface area contributed by atoms with E-state index in [0.717, 1.165) is 5.56 Å². The smallest absolute Gasteiger partial charge is 0.259 e. The summed E-state index contributed by atoms with van der Waals surface area (Å²) in [5.74, 6) is 3.76. The second-order valence-electron chi connectivity index (χ2n) is 5.30. The molecule has 1 aromatic heterocycles. The lowest BCUT2D eigenvalue weighted by Gasteiger charge is -2.11. The van der Waals surface area contributed by atoms with Crippen molar-refractivity contribution in [3.63, 3.8) is 0 Å². The first-order chi connectivity index (χ1) is 13.1. The molecule has 136 valence electrons. The minimum absolute atomic E-state index is 0.0796. The van der Waals surface area contributed by atoms with Gasteiger partial charge in [0, 0.05) is 5.56 Å². The highest BCUT2D eigenvalue weighted by Crippen LogP contribution is 2.37. The Hall–Kier alpha value is -2.94. The van der Waals surface area contributed by atoms with E-state index in [9.17, 15) is 0 Å². The number of ether oxygens (including phenoxy) is 2. The molecule has 5 nitrogen and oxygen atoms in total. The molecule has 0 spiro atoms. The van der Waals surface area contributed by atoms with Crippen LogP contribution in [-0.4, -0.2) is 23.9 Å². The molecule has 2 aromatic carbocycles. The van der Waals surface area contributed by atoms with Gasteiger partial charge in [-0.05, 0) is 35.9 Å². The van der Waals surface area contributed by atoms with Gasteiger partial charge in [-0.25, -0.2) is 0 Å². The summed E-state index contributed by atoms with van der Waals surface area (Å²) in [7, 11) is 1.51. The summed E-state index contributed by atoms with van der Waals surface area (Å²) in [4.78, 5) is 0. The van der Waals surface area contributed by atoms with Gasteiger partial charge in [0.25, 0.3) is 5.89 Å². The fourth-order valence-electron chi connectivity index (χ4n) is 2.30. The molecule has 0 aliphatic heterocycles. The van der Waals surface area contributed by atoms with Crippen LogP contribution in [0.1, 0.15) is 11.5 Å². The van der Waals surface area contributed by atoms with Crippen LogP contribution in [0.15, 0.2) is 46.9 Å². The third kappa shape index (κ3) is 4.43. The fourth-order valence-corrected chi connectivity index (χ4v) is 2.78. The SMILES string of the molecule is C#CCOc1c(Cl)cc(/C=C(\Cl)c2nnc(-c3ccccc3)o2)cc1OC. The number of terminal acetylenes is 1. The number of hydrogen-bond donors (Lipinski definition) is 0. The lowest BCUT2D eigenvalue weighted by Crippen LogP contribution is -1.98. The zero-order valence-electron chi connectivity index (χ0n) is 14.3. The highest BCUT2D eigenvalue weighted by atomic mass is 35.5. The van der Waals surface area contributed by atoms with E-state index in [1.807, 2.05) is 30.3 Å². The van der Waals surface area contributed by atoms with Gasteiger partial charge < -0.3 is 13.9 Å². The first kappa shape index (κ1) is 18.8. The standard InChI is InChI=1S/C20H14Cl2N2O3/c1-3-9-26-18-15(21)10-13(12-17(18)25-2)11-16(22)20-24-23-19(27-20)14-7-5-4-6-8-14/h1,4-8,10-12H,9H2,2H3/b16-11-. The monoisotopic (exact) mass is 400 g/mol. The average Bonchev–Trinajstić information content (AvgIpc) is 3.18. The number of rotatable bonds is 6. The van der Waals surface area contributed by atoms with Gasteiger partial charge in [-0.2, -0.15) is 0 Å². The fraction of sp³-hybridized carbons (Fsp3) is 0.100. The molecule has 0 aliphatic carbocycles. The Balaban J connectivity index is 1.89. The van der Waals surface area contributed by atoms with Gasteiger partial charge in [0.15, 0.2) is 11.5 Å². The predicted molar refractivity (Wildman–Crippen MR) is 106 cm³/mol. The first-order valence-electron chi connectivity index (χ1n) is 7.82. The molecular weight excluding hydrogens is 387 g/mol. The molecule has 0 atom stereocenters. The molecule has 3 rings (SSSR count). The minimum Gasteiger partial charge on any atom is -0.493 e. The average molecular weight is 401 g/mol. The van der Waals surface area contributed by atoms with Crippen molar-refractivity contribution in [3.05, 3.63) is 58.9 Å². The lowest BCUT2D eigenvalue weighted by molar-refractivity contribution is 0.331. The van der Waals surface area contributed by atoms with E-state index >= 15 is 0 Å². The number of methoxy groups -OCH3 is 1. The third-order valence-electron chi connectivity index (χ3n) is 3.50. The summed E-state index contributed by atoms with van der Waals surface area (Å²) in [6, 6.07) is 12.8. The summed E-state index contributed by atoms with van der Waals surface area (Å²) in [5, 5.41) is 8.61. The third-order valence-corrected chi connectivity index (χ3v) is 4.05. The maximum absolute atomic E-state index is 6.34. The number of nitrogens with zero attached hydrogens (tertiary/aromatic N) is 2. The van der Waals surface area contributed by atoms with Crippen LogP contribution in [-0.2, 0) is 0 Å². The van der Waals surface area contributed by atoms with E-state index in [-0.39, 0.29) is 17.5 Å². The molecule has 0 bridgehead atoms. The van der Waals surface area contributed by atoms with Crippen molar-refractivity contribution >= 4 is 34.3 Å². The summed E-state index contributed by atoms with van der Waals surface area (Å²) in [5.41, 5.74) is 1.48. The minimum atomic E-state index is 0.0796. The van der Waals surface area contributed by atoms with Crippen molar-refractivity contribution in [3.8, 4) is 35.3 Å². The molecule has 0 fully saturated rings. The zero-order chi connectivity index (χ0) is 19.2. The molecule has 7 heteroatoms. The predicted octanol–water partition coefficient (Wildman–Crippen LogP) is 5.15. The van der Waals surface area contributed by atoms with Crippen LogP contribution >= 0.6 is 23.2 Å². The number of benzene rings is 2. The van der Waals surface area contributed by atoms with Crippen LogP contribution in [0, 0.1) is 12.3 Å². The molecule has 0 unspecified atom stereocenters. The summed E-state index contributed by atoms with van der Waals surface area (Å²) >= 11 is 12.6. The quantitative estimate of drug-likeness (QED) is 0.535. The number of aromatic nitrogens is 2. The van der Waals surface area contributed by atoms with Gasteiger partial charge >= 0.3 is 0 Å². The molecule has 0 aliphatic rings. The van der Waals surface area contributed by atoms with E-state index in [1.165, 1.54) is 7.11 Å². The normalized spacial score (nSPS) is 11.1. The van der Waals surface area contributed by atoms with Gasteiger partial charge in [0.2, 0.25) is 5.89 Å². The van der Waals surface area contributed by atoms with Crippen molar-refractivity contribution in [2.24, 2.45) is 0 Å². The second kappa shape index (κ2) is 8.63. The largest absolute Gasteiger partial charge is 0.493 e. The summed E-state index contributed by atoms with van der Waals surface area (Å²) in [6.45, 7) is 0.0796. The number of halogens is 2. The van der Waals surface area contributed by atoms with Crippen molar-refractivity contribution in [2.45, 2.75) is 0 Å². The van der Waals surface area contributed by atoms with E-state index in [0.29, 0.717) is 28.0 Å². The molecular formula is C20H14Cl2N2O3. The van der Waals surface area contributed by atoms with Crippen LogP contribution in [0.3, 0.4) is 0 Å². The van der Waals surface area contributed by atoms with Crippen LogP contribution in [0.4, 0.5) is 0 Å². The Morgan fingerprint density at radius 1 is 1.26 bits per heavy atom. The molecule has 3 aromatic rings. The zero-order valence-corrected chi connectivity index (χ0v) is 15.8. The highest BCUT2D eigenvalue weighted by Gasteiger charge is 2.14. The van der Waals surface area contributed by atoms with Gasteiger partial charge in [-0.1, -0.05) is 47.3 Å². The molecule has 0 radical (unpaired) electrons. The van der Waals surface area contributed by atoms with Crippen molar-refractivity contribution in [1.29, 1.82) is 0 Å². The van der Waals surface area contributed by atoms with Crippen molar-refractivity contribution in [1.82, 2.24) is 10.2 Å². The van der Waals surface area contributed by atoms with Crippen LogP contribution in [0.25, 0.3) is 22.6 Å². The van der Waals surface area contributed by atoms with Crippen LogP contribution in [0.2, 0.25) is 5.02 Å². The van der Waals surface area contributed by atoms with E-state index < -0.39 is 0 Å². The Labute approximate surface area is 166 Å². The van der Waals surface area contributed by atoms with Crippen LogP contribution in [0.5, 0.6) is 11.5 Å². The van der Waals surface area contributed by atoms with Crippen molar-refractivity contribution < 1.29 is 13.9 Å². The van der Waals surface area contributed by atoms with Gasteiger partial charge in [0.1, 0.15) is 11.6 Å².